The molecule has 0 nitrogen and oxygen atoms in total. The molecule has 1 heterocycles. The van der Waals surface area contributed by atoms with Gasteiger partial charge in [0.05, 0.1) is 0 Å². The van der Waals surface area contributed by atoms with Gasteiger partial charge in [-0.3, -0.25) is 0 Å². The van der Waals surface area contributed by atoms with Crippen molar-refractivity contribution in [3.05, 3.63) is 51.4 Å². The predicted octanol–water partition coefficient (Wildman–Crippen LogP) is 4.37. The summed E-state index contributed by atoms with van der Waals surface area (Å²) in [5.41, 5.74) is 5.63. The van der Waals surface area contributed by atoms with Gasteiger partial charge in [-0.2, -0.15) is 0 Å². The third-order valence-corrected chi connectivity index (χ3v) is 3.59. The third kappa shape index (κ3) is 2.87. The molecule has 0 bridgehead atoms. The van der Waals surface area contributed by atoms with E-state index in [0.717, 1.165) is 0 Å². The minimum absolute atomic E-state index is 1.21. The molecule has 0 aliphatic rings. The Labute approximate surface area is 101 Å². The molecule has 0 saturated heterocycles. The highest BCUT2D eigenvalue weighted by Crippen LogP contribution is 2.29. The summed E-state index contributed by atoms with van der Waals surface area (Å²) in [7, 11) is 0. The van der Waals surface area contributed by atoms with Crippen LogP contribution in [0.2, 0.25) is 0 Å². The molecule has 0 aliphatic carbocycles. The van der Waals surface area contributed by atoms with E-state index in [4.69, 9.17) is 6.42 Å². The van der Waals surface area contributed by atoms with Crippen molar-refractivity contribution in [2.75, 3.05) is 0 Å². The van der Waals surface area contributed by atoms with Crippen LogP contribution in [0.4, 0.5) is 0 Å². The molecule has 0 radical (unpaired) electrons. The Balaban J connectivity index is 3.15. The Morgan fingerprint density at radius 1 is 1.25 bits per heavy atom. The Morgan fingerprint density at radius 3 is 2.56 bits per heavy atom. The zero-order valence-corrected chi connectivity index (χ0v) is 10.4. The molecule has 0 amide bonds. The first kappa shape index (κ1) is 12.3. The maximum absolute atomic E-state index is 5.20. The molecule has 1 aromatic rings. The van der Waals surface area contributed by atoms with Gasteiger partial charge in [0.15, 0.2) is 0 Å². The molecule has 16 heavy (non-hydrogen) atoms. The lowest BCUT2D eigenvalue weighted by molar-refractivity contribution is 1.39. The molecule has 0 N–H and O–H groups in total. The molecule has 80 valence electrons. The Bertz CT molecular complexity index is 512. The normalized spacial score (nSPS) is 9.56. The van der Waals surface area contributed by atoms with Crippen LogP contribution in [-0.4, -0.2) is 0 Å². The number of rotatable bonds is 3. The fourth-order valence-electron chi connectivity index (χ4n) is 1.25. The summed E-state index contributed by atoms with van der Waals surface area (Å²) < 4.78 is 0. The lowest BCUT2D eigenvalue weighted by Crippen LogP contribution is -1.75. The molecule has 0 spiro atoms. The largest absolute Gasteiger partial charge is 0.135 e. The van der Waals surface area contributed by atoms with Crippen molar-refractivity contribution in [1.29, 1.82) is 0 Å². The Kier molecular flexibility index (Phi) is 4.61. The summed E-state index contributed by atoms with van der Waals surface area (Å²) in [5, 5.41) is 0. The van der Waals surface area contributed by atoms with Crippen molar-refractivity contribution in [2.24, 2.45) is 0 Å². The molecule has 0 saturated carbocycles. The van der Waals surface area contributed by atoms with E-state index in [1.807, 2.05) is 12.2 Å². The Hall–Kier alpha value is -1.74. The van der Waals surface area contributed by atoms with Gasteiger partial charge in [-0.15, -0.1) is 23.5 Å². The molecule has 0 aliphatic heterocycles. The van der Waals surface area contributed by atoms with E-state index in [1.54, 1.807) is 29.6 Å². The van der Waals surface area contributed by atoms with Gasteiger partial charge in [0.2, 0.25) is 0 Å². The van der Waals surface area contributed by atoms with Crippen LogP contribution in [0.3, 0.4) is 0 Å². The maximum Gasteiger partial charge on any atom is 0.0385 e. The van der Waals surface area contributed by atoms with E-state index >= 15 is 0 Å². The summed E-state index contributed by atoms with van der Waals surface area (Å²) in [4.78, 5) is 2.43. The van der Waals surface area contributed by atoms with Gasteiger partial charge in [0, 0.05) is 9.75 Å². The second kappa shape index (κ2) is 5.98. The van der Waals surface area contributed by atoms with E-state index in [1.165, 1.54) is 20.9 Å². The summed E-state index contributed by atoms with van der Waals surface area (Å²) in [5.74, 6) is 2.51. The van der Waals surface area contributed by atoms with Crippen molar-refractivity contribution < 1.29 is 0 Å². The molecule has 0 unspecified atom stereocenters. The highest BCUT2D eigenvalue weighted by molar-refractivity contribution is 7.14. The minimum atomic E-state index is 1.21. The topological polar surface area (TPSA) is 0 Å². The average molecular weight is 226 g/mol. The van der Waals surface area contributed by atoms with Gasteiger partial charge >= 0.3 is 0 Å². The van der Waals surface area contributed by atoms with Gasteiger partial charge in [-0.1, -0.05) is 18.6 Å². The highest BCUT2D eigenvalue weighted by Gasteiger charge is 2.06. The molecule has 1 heteroatoms. The first-order chi connectivity index (χ1) is 7.70. The average Bonchev–Trinajstić information content (AvgIpc) is 2.55. The van der Waals surface area contributed by atoms with Crippen molar-refractivity contribution in [2.45, 2.75) is 13.8 Å². The summed E-state index contributed by atoms with van der Waals surface area (Å²) in [6.07, 6.45) is 14.4. The monoisotopic (exact) mass is 226 g/mol. The summed E-state index contributed by atoms with van der Waals surface area (Å²) >= 11 is 1.72. The zero-order valence-electron chi connectivity index (χ0n) is 9.58. The van der Waals surface area contributed by atoms with Crippen LogP contribution >= 0.6 is 11.3 Å². The van der Waals surface area contributed by atoms with Gasteiger partial charge < -0.3 is 0 Å². The standard InChI is InChI=1S/C15H14S/c1-5-7-9-11-15-13(4)12(3)14(16-15)10-8-6-2/h2,5,7-8,10-11H,1H2,3-4H3. The third-order valence-electron chi connectivity index (χ3n) is 2.28. The van der Waals surface area contributed by atoms with Crippen molar-refractivity contribution >= 4 is 23.5 Å². The fraction of sp³-hybridized carbons (Fsp3) is 0.133. The van der Waals surface area contributed by atoms with E-state index in [0.29, 0.717) is 0 Å². The molecule has 1 rings (SSSR count). The number of terminal acetylenes is 1. The zero-order chi connectivity index (χ0) is 12.0. The highest BCUT2D eigenvalue weighted by atomic mass is 32.1. The first-order valence-corrected chi connectivity index (χ1v) is 5.78. The van der Waals surface area contributed by atoms with Crippen LogP contribution in [0.5, 0.6) is 0 Å². The lowest BCUT2D eigenvalue weighted by atomic mass is 10.1. The molecule has 0 fully saturated rings. The van der Waals surface area contributed by atoms with E-state index < -0.39 is 0 Å². The minimum Gasteiger partial charge on any atom is -0.135 e. The van der Waals surface area contributed by atoms with E-state index in [2.05, 4.69) is 32.1 Å². The van der Waals surface area contributed by atoms with Gasteiger partial charge in [0.25, 0.3) is 0 Å². The van der Waals surface area contributed by atoms with Gasteiger partial charge in [-0.25, -0.2) is 0 Å². The van der Waals surface area contributed by atoms with Crippen LogP contribution < -0.4 is 0 Å². The summed E-state index contributed by atoms with van der Waals surface area (Å²) in [6, 6.07) is 0. The maximum atomic E-state index is 5.20. The lowest BCUT2D eigenvalue weighted by Gasteiger charge is -1.90. The van der Waals surface area contributed by atoms with Crippen molar-refractivity contribution in [3.8, 4) is 12.3 Å². The first-order valence-electron chi connectivity index (χ1n) is 4.97. The summed E-state index contributed by atoms with van der Waals surface area (Å²) in [6.45, 7) is 7.83. The number of hydrogen-bond acceptors (Lipinski definition) is 1. The van der Waals surface area contributed by atoms with Crippen LogP contribution in [0, 0.1) is 26.2 Å². The quantitative estimate of drug-likeness (QED) is 0.408. The molecule has 0 aromatic carbocycles. The number of hydrogen-bond donors (Lipinski definition) is 0. The van der Waals surface area contributed by atoms with Crippen LogP contribution in [0.1, 0.15) is 20.9 Å². The second-order valence-electron chi connectivity index (χ2n) is 3.29. The molecular formula is C15H14S. The smallest absolute Gasteiger partial charge is 0.0385 e. The fourth-order valence-corrected chi connectivity index (χ4v) is 2.37. The molecule has 0 atom stereocenters. The van der Waals surface area contributed by atoms with Gasteiger partial charge in [0.1, 0.15) is 0 Å². The molecular weight excluding hydrogens is 212 g/mol. The van der Waals surface area contributed by atoms with E-state index in [9.17, 15) is 0 Å². The number of thiophene rings is 1. The second-order valence-corrected chi connectivity index (χ2v) is 4.38. The van der Waals surface area contributed by atoms with Crippen LogP contribution in [0.15, 0.2) is 30.5 Å². The van der Waals surface area contributed by atoms with Crippen LogP contribution in [0.25, 0.3) is 12.2 Å². The van der Waals surface area contributed by atoms with Crippen LogP contribution in [-0.2, 0) is 0 Å². The SMILES string of the molecule is C#CC=Cc1sc(C=C=CC=C)c(C)c1C. The van der Waals surface area contributed by atoms with Crippen molar-refractivity contribution in [3.63, 3.8) is 0 Å². The number of allylic oxidation sites excluding steroid dienone is 3. The van der Waals surface area contributed by atoms with Gasteiger partial charge in [-0.05, 0) is 49.3 Å². The Morgan fingerprint density at radius 2 is 1.94 bits per heavy atom. The molecule has 1 aromatic heterocycles. The predicted molar refractivity (Wildman–Crippen MR) is 74.4 cm³/mol. The van der Waals surface area contributed by atoms with Crippen molar-refractivity contribution in [1.82, 2.24) is 0 Å². The van der Waals surface area contributed by atoms with E-state index in [-0.39, 0.29) is 0 Å².